The molecular weight excluding hydrogens is 1780 g/mol. The third kappa shape index (κ3) is 26.0. The van der Waals surface area contributed by atoms with Crippen molar-refractivity contribution in [1.82, 2.24) is 54.0 Å². The van der Waals surface area contributed by atoms with Gasteiger partial charge in [-0.05, 0) is 245 Å². The number of aromatic nitrogens is 11. The van der Waals surface area contributed by atoms with Gasteiger partial charge >= 0.3 is 0 Å². The highest BCUT2D eigenvalue weighted by Gasteiger charge is 2.23. The average molecular weight is 1860 g/mol. The van der Waals surface area contributed by atoms with Gasteiger partial charge in [0.1, 0.15) is 12.2 Å². The van der Waals surface area contributed by atoms with E-state index < -0.39 is 39.3 Å². The Morgan fingerprint density at radius 2 is 0.661 bits per heavy atom. The number of pyridine rings is 4. The van der Waals surface area contributed by atoms with Gasteiger partial charge in [0.25, 0.3) is 23.6 Å². The van der Waals surface area contributed by atoms with Gasteiger partial charge in [-0.3, -0.25) is 48.5 Å². The predicted molar refractivity (Wildman–Crippen MR) is 490 cm³/mol. The van der Waals surface area contributed by atoms with Crippen LogP contribution in [0.4, 0.5) is 22.7 Å². The second-order valence-electron chi connectivity index (χ2n) is 28.0. The topological polar surface area (TPSA) is 391 Å². The van der Waals surface area contributed by atoms with E-state index in [9.17, 15) is 52.8 Å². The van der Waals surface area contributed by atoms with Crippen molar-refractivity contribution in [3.63, 3.8) is 0 Å². The summed E-state index contributed by atoms with van der Waals surface area (Å²) >= 11 is 25.1. The second kappa shape index (κ2) is 43.1. The van der Waals surface area contributed by atoms with Crippen molar-refractivity contribution < 1.29 is 58.0 Å². The molecule has 0 aliphatic rings. The van der Waals surface area contributed by atoms with Crippen LogP contribution in [0.15, 0.2) is 324 Å². The van der Waals surface area contributed by atoms with Crippen molar-refractivity contribution in [3.8, 4) is 45.0 Å². The lowest BCUT2D eigenvalue weighted by Gasteiger charge is -2.10. The molecule has 0 bridgehead atoms. The molecule has 0 radical (unpaired) electrons. The van der Waals surface area contributed by atoms with Crippen LogP contribution >= 0.6 is 46.4 Å². The summed E-state index contributed by atoms with van der Waals surface area (Å²) in [7, 11) is -14.0. The molecule has 0 unspecified atom stereocenters. The summed E-state index contributed by atoms with van der Waals surface area (Å²) < 4.78 is 105. The summed E-state index contributed by atoms with van der Waals surface area (Å²) in [5.41, 5.74) is 9.89. The first kappa shape index (κ1) is 92.9. The zero-order valence-electron chi connectivity index (χ0n) is 67.6. The minimum absolute atomic E-state index is 0.0601. The van der Waals surface area contributed by atoms with Gasteiger partial charge in [0.2, 0.25) is 0 Å². The molecule has 4 amide bonds. The number of aryl methyl sites for hydroxylation is 5. The first-order valence-electron chi connectivity index (χ1n) is 38.8. The van der Waals surface area contributed by atoms with Gasteiger partial charge < -0.3 is 30.9 Å². The fraction of sp³-hybridized carbons (Fsp3) is 0.121. The van der Waals surface area contributed by atoms with E-state index in [2.05, 4.69) is 61.4 Å². The van der Waals surface area contributed by atoms with Crippen molar-refractivity contribution >= 4 is 132 Å². The Labute approximate surface area is 752 Å². The fourth-order valence-electron chi connectivity index (χ4n) is 12.3. The van der Waals surface area contributed by atoms with E-state index in [1.165, 1.54) is 108 Å². The predicted octanol–water partition coefficient (Wildman–Crippen LogP) is 16.8. The highest BCUT2D eigenvalue weighted by molar-refractivity contribution is 7.92. The number of imidazole rings is 1. The van der Waals surface area contributed by atoms with E-state index in [1.54, 1.807) is 151 Å². The van der Waals surface area contributed by atoms with Gasteiger partial charge in [-0.25, -0.2) is 43.6 Å². The minimum Gasteiger partial charge on any atom is -0.396 e. The summed E-state index contributed by atoms with van der Waals surface area (Å²) in [5, 5.41) is 30.2. The molecule has 36 heteroatoms. The molecule has 0 fully saturated rings. The number of aliphatic hydroxyl groups is 1. The van der Waals surface area contributed by atoms with Crippen LogP contribution in [-0.2, 0) is 59.0 Å². The number of hydrogen-bond donors (Lipinski definition) is 5. The Morgan fingerprint density at radius 3 is 0.929 bits per heavy atom. The van der Waals surface area contributed by atoms with Crippen LogP contribution in [0, 0.1) is 13.8 Å². The molecule has 0 spiro atoms. The van der Waals surface area contributed by atoms with Gasteiger partial charge in [0, 0.05) is 124 Å². The first-order chi connectivity index (χ1) is 61.0. The number of nitrogens with zero attached hydrogens (tertiary/aromatic N) is 11. The van der Waals surface area contributed by atoms with Gasteiger partial charge in [-0.1, -0.05) is 70.7 Å². The van der Waals surface area contributed by atoms with Crippen molar-refractivity contribution in [2.45, 2.75) is 59.5 Å². The van der Waals surface area contributed by atoms with E-state index in [0.717, 1.165) is 5.69 Å². The van der Waals surface area contributed by atoms with Crippen LogP contribution in [0.25, 0.3) is 45.0 Å². The minimum atomic E-state index is -3.53. The van der Waals surface area contributed by atoms with E-state index in [4.69, 9.17) is 51.5 Å². The molecule has 0 aliphatic heterocycles. The molecule has 28 nitrogen and oxygen atoms in total. The van der Waals surface area contributed by atoms with E-state index in [0.29, 0.717) is 122 Å². The lowest BCUT2D eigenvalue weighted by molar-refractivity contribution is 0.101. The summed E-state index contributed by atoms with van der Waals surface area (Å²) in [5.74, 6) is -1.29. The zero-order valence-corrected chi connectivity index (χ0v) is 73.9. The highest BCUT2D eigenvalue weighted by Crippen LogP contribution is 2.35. The Balaban J connectivity index is 0.000000154. The van der Waals surface area contributed by atoms with Gasteiger partial charge in [0.05, 0.1) is 111 Å². The third-order valence-corrected chi connectivity index (χ3v) is 27.2. The Kier molecular flexibility index (Phi) is 31.5. The Bertz CT molecular complexity index is 6630. The van der Waals surface area contributed by atoms with E-state index >= 15 is 0 Å². The number of hydrogen-bond acceptors (Lipinski definition) is 21. The van der Waals surface area contributed by atoms with Crippen LogP contribution in [0.3, 0.4) is 0 Å². The number of benzene rings is 8. The van der Waals surface area contributed by atoms with E-state index in [-0.39, 0.29) is 92.3 Å². The number of aliphatic hydroxyl groups excluding tert-OH is 1. The number of anilines is 4. The quantitative estimate of drug-likeness (QED) is 0.0304. The number of rotatable bonds is 28. The molecule has 0 saturated heterocycles. The van der Waals surface area contributed by atoms with Crippen molar-refractivity contribution in [2.75, 3.05) is 50.9 Å². The molecule has 7 heterocycles. The van der Waals surface area contributed by atoms with Crippen LogP contribution in [-0.4, -0.2) is 146 Å². The number of halogens is 4. The summed E-state index contributed by atoms with van der Waals surface area (Å²) in [6.45, 7) is 4.14. The lowest BCUT2D eigenvalue weighted by atomic mass is 10.1. The summed E-state index contributed by atoms with van der Waals surface area (Å²) in [6, 6.07) is 67.5. The SMILES string of the molecule is Cc1cn(CCS(=O)(=O)c2ccc(C(=O)Nc3ccc(Cl)c(-c4ccccn4)c3)cc2)cn1.Cc1ncn(CCS(=O)(=O)c2ccc(C(=O)Nc3ccc(Cl)c(-c4ccccn4)c3)cc2)n1.O=C(Nc1ccc(Cl)c(-c2ccccn2)c1)c1ccc(S(=O)(=O)CCCO)cc1.O=C(Nc1ccc(Cl)c(-c2ccccn2)c1)c1ccc(S(=O)(=O)CCn2cccn2)cc1. The zero-order chi connectivity index (χ0) is 90.3. The number of carbonyl (C=O) groups is 4. The van der Waals surface area contributed by atoms with Crippen molar-refractivity contribution in [3.05, 3.63) is 359 Å². The molecule has 648 valence electrons. The van der Waals surface area contributed by atoms with Gasteiger partial charge in [-0.15, -0.1) is 0 Å². The highest BCUT2D eigenvalue weighted by atomic mass is 35.5. The maximum absolute atomic E-state index is 12.7. The maximum atomic E-state index is 12.7. The summed E-state index contributed by atoms with van der Waals surface area (Å²) in [4.78, 5) is 76.4. The second-order valence-corrected chi connectivity index (χ2v) is 38.0. The molecule has 0 aliphatic carbocycles. The molecule has 15 rings (SSSR count). The third-order valence-electron chi connectivity index (χ3n) is 18.9. The van der Waals surface area contributed by atoms with E-state index in [1.807, 2.05) is 73.7 Å². The van der Waals surface area contributed by atoms with Crippen molar-refractivity contribution in [2.24, 2.45) is 0 Å². The van der Waals surface area contributed by atoms with Crippen LogP contribution < -0.4 is 21.3 Å². The molecule has 0 atom stereocenters. The standard InChI is InChI=1S/C24H21ClN4O3S.C23H20ClN5O3S.C23H19ClN4O3S.C21H19ClN2O4S/c1-17-15-29(16-27-17)12-13-33(31,32)20-8-5-18(6-9-20)24(30)28-19-7-10-22(25)21(14-19)23-4-2-3-11-26-23;1-16-26-15-29(28-16)12-13-33(31,32)19-8-5-17(6-9-19)23(30)27-18-7-10-21(24)20(14-18)22-4-2-3-11-25-22;24-21-10-7-18(16-20(21)22-4-1-2-11-25-22)27-23(29)17-5-8-19(9-6-17)32(30,31)15-14-28-13-3-12-26-28;22-19-10-7-16(14-18(19)20-4-1-2-11-23-20)24-21(26)15-5-8-17(9-6-15)29(27,28)13-3-12-25/h2-11,14-16H,12-13H2,1H3,(H,28,30);2-11,14-15H,12-13H2,1H3,(H,27,30);1-13,16H,14-15H2,(H,27,29);1-2,4-11,14,25H,3,12-13H2,(H,24,26). The molecule has 127 heavy (non-hydrogen) atoms. The van der Waals surface area contributed by atoms with Crippen LogP contribution in [0.5, 0.6) is 0 Å². The molecule has 15 aromatic rings. The number of carbonyl (C=O) groups excluding carboxylic acids is 4. The number of nitrogens with one attached hydrogen (secondary N) is 4. The summed E-state index contributed by atoms with van der Waals surface area (Å²) in [6.07, 6.45) is 15.0. The largest absolute Gasteiger partial charge is 0.396 e. The van der Waals surface area contributed by atoms with Crippen LogP contribution in [0.2, 0.25) is 20.1 Å². The number of sulfone groups is 4. The Morgan fingerprint density at radius 1 is 0.346 bits per heavy atom. The Hall–Kier alpha value is -13.3. The normalized spacial score (nSPS) is 11.3. The lowest BCUT2D eigenvalue weighted by Crippen LogP contribution is -2.15. The maximum Gasteiger partial charge on any atom is 0.255 e. The monoisotopic (exact) mass is 1860 g/mol. The number of amides is 4. The smallest absolute Gasteiger partial charge is 0.255 e. The molecule has 5 N–H and O–H groups in total. The van der Waals surface area contributed by atoms with Gasteiger partial charge in [-0.2, -0.15) is 10.2 Å². The molecule has 8 aromatic carbocycles. The first-order valence-corrected chi connectivity index (χ1v) is 46.9. The van der Waals surface area contributed by atoms with Crippen LogP contribution in [0.1, 0.15) is 59.4 Å². The molecule has 0 saturated carbocycles. The van der Waals surface area contributed by atoms with Crippen molar-refractivity contribution in [1.29, 1.82) is 0 Å². The average Bonchev–Trinajstić information content (AvgIpc) is 1.07. The fourth-order valence-corrected chi connectivity index (χ4v) is 18.1. The molecular formula is C91H79Cl4N15O13S4. The molecule has 7 aromatic heterocycles. The van der Waals surface area contributed by atoms with Gasteiger partial charge in [0.15, 0.2) is 39.3 Å².